The number of pyridine rings is 1. The van der Waals surface area contributed by atoms with Crippen molar-refractivity contribution < 1.29 is 4.74 Å². The van der Waals surface area contributed by atoms with Gasteiger partial charge in [0.25, 0.3) is 0 Å². The smallest absolute Gasteiger partial charge is 0.124 e. The summed E-state index contributed by atoms with van der Waals surface area (Å²) in [6, 6.07) is 14.5. The molecule has 0 aliphatic heterocycles. The molecule has 0 aliphatic rings. The van der Waals surface area contributed by atoms with Crippen LogP contribution in [0.4, 0.5) is 0 Å². The van der Waals surface area contributed by atoms with Gasteiger partial charge in [0.1, 0.15) is 5.75 Å². The van der Waals surface area contributed by atoms with Gasteiger partial charge in [-0.3, -0.25) is 4.98 Å². The molecule has 0 fully saturated rings. The van der Waals surface area contributed by atoms with E-state index >= 15 is 0 Å². The van der Waals surface area contributed by atoms with Gasteiger partial charge in [0.05, 0.1) is 6.61 Å². The minimum absolute atomic E-state index is 0.220. The number of hydrogen-bond donors (Lipinski definition) is 1. The Morgan fingerprint density at radius 3 is 2.60 bits per heavy atom. The normalized spacial score (nSPS) is 12.1. The maximum Gasteiger partial charge on any atom is 0.124 e. The van der Waals surface area contributed by atoms with Gasteiger partial charge in [-0.2, -0.15) is 0 Å². The Morgan fingerprint density at radius 1 is 1.10 bits per heavy atom. The third-order valence-corrected chi connectivity index (χ3v) is 3.18. The van der Waals surface area contributed by atoms with Gasteiger partial charge in [0, 0.05) is 29.9 Å². The van der Waals surface area contributed by atoms with Crippen molar-refractivity contribution in [1.82, 2.24) is 10.3 Å². The van der Waals surface area contributed by atoms with E-state index in [0.29, 0.717) is 6.61 Å². The zero-order valence-electron chi connectivity index (χ0n) is 12.2. The molecule has 2 aromatic rings. The van der Waals surface area contributed by atoms with Crippen LogP contribution < -0.4 is 10.1 Å². The summed E-state index contributed by atoms with van der Waals surface area (Å²) in [5.74, 6) is 0.955. The Kier molecular flexibility index (Phi) is 5.56. The van der Waals surface area contributed by atoms with E-state index < -0.39 is 0 Å². The van der Waals surface area contributed by atoms with E-state index in [9.17, 15) is 0 Å². The van der Waals surface area contributed by atoms with Crippen LogP contribution in [0.15, 0.2) is 48.7 Å². The Bertz CT molecular complexity index is 513. The molecular formula is C17H22N2O. The summed E-state index contributed by atoms with van der Waals surface area (Å²) in [4.78, 5) is 4.42. The molecule has 1 aromatic heterocycles. The van der Waals surface area contributed by atoms with Crippen molar-refractivity contribution in [2.24, 2.45) is 0 Å². The highest BCUT2D eigenvalue weighted by atomic mass is 16.5. The Hall–Kier alpha value is -1.87. The number of aromatic nitrogens is 1. The summed E-state index contributed by atoms with van der Waals surface area (Å²) in [5.41, 5.74) is 2.28. The van der Waals surface area contributed by atoms with Crippen LogP contribution in [0, 0.1) is 0 Å². The summed E-state index contributed by atoms with van der Waals surface area (Å²) in [6.45, 7) is 5.73. The second-order valence-electron chi connectivity index (χ2n) is 4.61. The van der Waals surface area contributed by atoms with Gasteiger partial charge < -0.3 is 10.1 Å². The molecule has 2 rings (SSSR count). The van der Waals surface area contributed by atoms with Gasteiger partial charge in [0.15, 0.2) is 0 Å². The van der Waals surface area contributed by atoms with Gasteiger partial charge in [0.2, 0.25) is 0 Å². The molecule has 0 amide bonds. The quantitative estimate of drug-likeness (QED) is 0.837. The van der Waals surface area contributed by atoms with Gasteiger partial charge in [-0.25, -0.2) is 0 Å². The summed E-state index contributed by atoms with van der Waals surface area (Å²) in [7, 11) is 0. The van der Waals surface area contributed by atoms with Crippen molar-refractivity contribution in [3.05, 3.63) is 59.9 Å². The van der Waals surface area contributed by atoms with Crippen LogP contribution in [0.1, 0.15) is 31.1 Å². The second-order valence-corrected chi connectivity index (χ2v) is 4.61. The monoisotopic (exact) mass is 270 g/mol. The molecule has 1 aromatic carbocycles. The number of hydrogen-bond acceptors (Lipinski definition) is 3. The van der Waals surface area contributed by atoms with Crippen LogP contribution in [0.2, 0.25) is 0 Å². The highest BCUT2D eigenvalue weighted by Gasteiger charge is 2.16. The molecule has 3 nitrogen and oxygen atoms in total. The van der Waals surface area contributed by atoms with Gasteiger partial charge in [-0.15, -0.1) is 0 Å². The minimum atomic E-state index is 0.220. The lowest BCUT2D eigenvalue weighted by Gasteiger charge is -2.21. The summed E-state index contributed by atoms with van der Waals surface area (Å²) in [5, 5.41) is 3.53. The predicted octanol–water partition coefficient (Wildman–Crippen LogP) is 3.37. The van der Waals surface area contributed by atoms with Crippen molar-refractivity contribution in [2.75, 3.05) is 13.2 Å². The average Bonchev–Trinajstić information content (AvgIpc) is 2.49. The molecule has 0 bridgehead atoms. The van der Waals surface area contributed by atoms with Crippen molar-refractivity contribution in [2.45, 2.75) is 26.3 Å². The number of nitrogens with zero attached hydrogens (tertiary/aromatic N) is 1. The van der Waals surface area contributed by atoms with Gasteiger partial charge >= 0.3 is 0 Å². The van der Waals surface area contributed by atoms with Crippen LogP contribution in [0.5, 0.6) is 5.75 Å². The van der Waals surface area contributed by atoms with Crippen molar-refractivity contribution >= 4 is 0 Å². The standard InChI is InChI=1S/C17H22N2O/c1-3-18-16(13-14-9-7-8-12-19-14)15-10-5-6-11-17(15)20-4-2/h5-12,16,18H,3-4,13H2,1-2H3. The topological polar surface area (TPSA) is 34.2 Å². The van der Waals surface area contributed by atoms with Crippen molar-refractivity contribution in [3.63, 3.8) is 0 Å². The van der Waals surface area contributed by atoms with E-state index in [-0.39, 0.29) is 6.04 Å². The molecule has 20 heavy (non-hydrogen) atoms. The number of benzene rings is 1. The molecule has 1 unspecified atom stereocenters. The third kappa shape index (κ3) is 3.81. The Labute approximate surface area is 121 Å². The fourth-order valence-electron chi connectivity index (χ4n) is 2.32. The molecule has 1 atom stereocenters. The highest BCUT2D eigenvalue weighted by molar-refractivity contribution is 5.36. The molecule has 0 saturated heterocycles. The minimum Gasteiger partial charge on any atom is -0.494 e. The molecule has 106 valence electrons. The largest absolute Gasteiger partial charge is 0.494 e. The van der Waals surface area contributed by atoms with Crippen LogP contribution >= 0.6 is 0 Å². The van der Waals surface area contributed by atoms with Gasteiger partial charge in [-0.05, 0) is 31.7 Å². The first-order valence-corrected chi connectivity index (χ1v) is 7.20. The number of likely N-dealkylation sites (N-methyl/N-ethyl adjacent to an activating group) is 1. The van der Waals surface area contributed by atoms with Crippen LogP contribution in [-0.4, -0.2) is 18.1 Å². The predicted molar refractivity (Wildman–Crippen MR) is 82.0 cm³/mol. The molecule has 0 aliphatic carbocycles. The lowest BCUT2D eigenvalue weighted by molar-refractivity contribution is 0.331. The van der Waals surface area contributed by atoms with Gasteiger partial charge in [-0.1, -0.05) is 31.2 Å². The van der Waals surface area contributed by atoms with E-state index in [1.807, 2.05) is 37.4 Å². The van der Waals surface area contributed by atoms with E-state index in [4.69, 9.17) is 4.74 Å². The van der Waals surface area contributed by atoms with Crippen molar-refractivity contribution in [3.8, 4) is 5.75 Å². The molecule has 0 spiro atoms. The van der Waals surface area contributed by atoms with Crippen LogP contribution in [0.3, 0.4) is 0 Å². The Morgan fingerprint density at radius 2 is 1.90 bits per heavy atom. The van der Waals surface area contributed by atoms with E-state index in [1.165, 1.54) is 5.56 Å². The van der Waals surface area contributed by atoms with Crippen LogP contribution in [-0.2, 0) is 6.42 Å². The molecule has 1 N–H and O–H groups in total. The van der Waals surface area contributed by atoms with E-state index in [2.05, 4.69) is 35.4 Å². The molecule has 0 radical (unpaired) electrons. The average molecular weight is 270 g/mol. The first-order chi connectivity index (χ1) is 9.85. The maximum absolute atomic E-state index is 5.74. The fourth-order valence-corrected chi connectivity index (χ4v) is 2.32. The fraction of sp³-hybridized carbons (Fsp3) is 0.353. The molecule has 3 heteroatoms. The summed E-state index contributed by atoms with van der Waals surface area (Å²) < 4.78 is 5.74. The van der Waals surface area contributed by atoms with Crippen molar-refractivity contribution in [1.29, 1.82) is 0 Å². The highest BCUT2D eigenvalue weighted by Crippen LogP contribution is 2.27. The number of para-hydroxylation sites is 1. The van der Waals surface area contributed by atoms with Crippen LogP contribution in [0.25, 0.3) is 0 Å². The third-order valence-electron chi connectivity index (χ3n) is 3.18. The van der Waals surface area contributed by atoms with E-state index in [0.717, 1.165) is 24.4 Å². The lowest BCUT2D eigenvalue weighted by atomic mass is 10.0. The molecule has 0 saturated carbocycles. The lowest BCUT2D eigenvalue weighted by Crippen LogP contribution is -2.24. The number of nitrogens with one attached hydrogen (secondary N) is 1. The maximum atomic E-state index is 5.74. The van der Waals surface area contributed by atoms with E-state index in [1.54, 1.807) is 0 Å². The molecular weight excluding hydrogens is 248 g/mol. The SMILES string of the molecule is CCNC(Cc1ccccn1)c1ccccc1OCC. The zero-order valence-corrected chi connectivity index (χ0v) is 12.2. The first-order valence-electron chi connectivity index (χ1n) is 7.20. The summed E-state index contributed by atoms with van der Waals surface area (Å²) in [6.07, 6.45) is 2.70. The Balaban J connectivity index is 2.24. The number of rotatable bonds is 7. The first kappa shape index (κ1) is 14.5. The second kappa shape index (κ2) is 7.65. The molecule has 1 heterocycles. The zero-order chi connectivity index (χ0) is 14.2. The number of ether oxygens (including phenoxy) is 1. The summed E-state index contributed by atoms with van der Waals surface area (Å²) >= 11 is 0.